The monoisotopic (exact) mass is 194 g/mol. The first-order chi connectivity index (χ1) is 6.55. The van der Waals surface area contributed by atoms with Crippen LogP contribution in [0.1, 0.15) is 37.8 Å². The van der Waals surface area contributed by atoms with Crippen molar-refractivity contribution in [3.8, 4) is 0 Å². The number of fused-ring (bicyclic) bond motifs is 1. The summed E-state index contributed by atoms with van der Waals surface area (Å²) in [5.41, 5.74) is 2.53. The van der Waals surface area contributed by atoms with Crippen molar-refractivity contribution in [1.82, 2.24) is 10.5 Å². The molecule has 1 aromatic rings. The molecule has 1 aliphatic heterocycles. The summed E-state index contributed by atoms with van der Waals surface area (Å²) >= 11 is 0. The van der Waals surface area contributed by atoms with E-state index in [4.69, 9.17) is 4.52 Å². The highest BCUT2D eigenvalue weighted by molar-refractivity contribution is 5.32. The molecule has 3 nitrogen and oxygen atoms in total. The van der Waals surface area contributed by atoms with E-state index in [2.05, 4.69) is 31.2 Å². The van der Waals surface area contributed by atoms with Crippen LogP contribution in [0.25, 0.3) is 0 Å². The Morgan fingerprint density at radius 1 is 1.50 bits per heavy atom. The van der Waals surface area contributed by atoms with Crippen LogP contribution >= 0.6 is 0 Å². The van der Waals surface area contributed by atoms with Crippen LogP contribution < -0.4 is 5.32 Å². The molecule has 0 amide bonds. The molecular weight excluding hydrogens is 176 g/mol. The zero-order chi connectivity index (χ0) is 10.3. The zero-order valence-electron chi connectivity index (χ0n) is 9.35. The van der Waals surface area contributed by atoms with Crippen LogP contribution in [0.15, 0.2) is 4.52 Å². The molecule has 2 rings (SSSR count). The minimum absolute atomic E-state index is 0.116. The first-order valence-electron chi connectivity index (χ1n) is 5.22. The van der Waals surface area contributed by atoms with Crippen LogP contribution in [0.2, 0.25) is 0 Å². The highest BCUT2D eigenvalue weighted by Crippen LogP contribution is 2.36. The number of hydrogen-bond donors (Lipinski definition) is 1. The molecule has 1 N–H and O–H groups in total. The summed E-state index contributed by atoms with van der Waals surface area (Å²) in [5.74, 6) is 1.53. The Balaban J connectivity index is 2.50. The fraction of sp³-hybridized carbons (Fsp3) is 0.727. The number of aromatic nitrogens is 1. The van der Waals surface area contributed by atoms with Crippen molar-refractivity contribution in [3.05, 3.63) is 17.0 Å². The Kier molecular flexibility index (Phi) is 2.14. The highest BCUT2D eigenvalue weighted by Gasteiger charge is 2.38. The first-order valence-corrected chi connectivity index (χ1v) is 5.22. The van der Waals surface area contributed by atoms with Crippen molar-refractivity contribution >= 4 is 0 Å². The number of rotatable bonds is 1. The van der Waals surface area contributed by atoms with Crippen LogP contribution in [-0.4, -0.2) is 11.7 Å². The molecular formula is C11H18N2O. The van der Waals surface area contributed by atoms with Crippen molar-refractivity contribution in [1.29, 1.82) is 0 Å². The van der Waals surface area contributed by atoms with Crippen molar-refractivity contribution in [3.63, 3.8) is 0 Å². The molecule has 0 aromatic carbocycles. The standard InChI is InChI=1S/C11H18N2O/c1-7(2)11(4)6-12-5-9-8(3)14-13-10(9)11/h7,12H,5-6H2,1-4H3. The summed E-state index contributed by atoms with van der Waals surface area (Å²) in [5, 5.41) is 7.66. The molecule has 0 bridgehead atoms. The number of nitrogens with zero attached hydrogens (tertiary/aromatic N) is 1. The van der Waals surface area contributed by atoms with Gasteiger partial charge < -0.3 is 9.84 Å². The predicted molar refractivity (Wildman–Crippen MR) is 55.1 cm³/mol. The normalized spacial score (nSPS) is 26.6. The molecule has 0 spiro atoms. The summed E-state index contributed by atoms with van der Waals surface area (Å²) in [6, 6.07) is 0. The lowest BCUT2D eigenvalue weighted by Gasteiger charge is -2.36. The van der Waals surface area contributed by atoms with E-state index in [9.17, 15) is 0 Å². The van der Waals surface area contributed by atoms with Crippen molar-refractivity contribution in [2.45, 2.75) is 39.7 Å². The molecule has 0 fully saturated rings. The van der Waals surface area contributed by atoms with E-state index in [-0.39, 0.29) is 5.41 Å². The van der Waals surface area contributed by atoms with Gasteiger partial charge in [-0.3, -0.25) is 0 Å². The summed E-state index contributed by atoms with van der Waals surface area (Å²) in [6.07, 6.45) is 0. The van der Waals surface area contributed by atoms with Gasteiger partial charge in [-0.1, -0.05) is 25.9 Å². The molecule has 1 atom stereocenters. The van der Waals surface area contributed by atoms with E-state index in [1.165, 1.54) is 5.56 Å². The van der Waals surface area contributed by atoms with Gasteiger partial charge in [0.25, 0.3) is 0 Å². The van der Waals surface area contributed by atoms with Crippen LogP contribution in [0, 0.1) is 12.8 Å². The van der Waals surface area contributed by atoms with Gasteiger partial charge in [0.15, 0.2) is 0 Å². The summed E-state index contributed by atoms with van der Waals surface area (Å²) in [6.45, 7) is 10.6. The molecule has 0 saturated carbocycles. The summed E-state index contributed by atoms with van der Waals surface area (Å²) in [7, 11) is 0. The number of aryl methyl sites for hydroxylation is 1. The van der Waals surface area contributed by atoms with E-state index >= 15 is 0 Å². The average Bonchev–Trinajstić information content (AvgIpc) is 2.50. The van der Waals surface area contributed by atoms with Gasteiger partial charge in [0.05, 0.1) is 5.69 Å². The van der Waals surface area contributed by atoms with Gasteiger partial charge in [0, 0.05) is 24.1 Å². The fourth-order valence-electron chi connectivity index (χ4n) is 2.06. The fourth-order valence-corrected chi connectivity index (χ4v) is 2.06. The third-order valence-electron chi connectivity index (χ3n) is 3.59. The Morgan fingerprint density at radius 3 is 2.86 bits per heavy atom. The lowest BCUT2D eigenvalue weighted by Crippen LogP contribution is -2.44. The first kappa shape index (κ1) is 9.71. The van der Waals surface area contributed by atoms with E-state index in [0.717, 1.165) is 24.5 Å². The van der Waals surface area contributed by atoms with Gasteiger partial charge in [0.1, 0.15) is 5.76 Å². The molecule has 1 aromatic heterocycles. The van der Waals surface area contributed by atoms with Crippen LogP contribution in [0.5, 0.6) is 0 Å². The summed E-state index contributed by atoms with van der Waals surface area (Å²) < 4.78 is 5.27. The smallest absolute Gasteiger partial charge is 0.138 e. The van der Waals surface area contributed by atoms with Crippen molar-refractivity contribution < 1.29 is 4.52 Å². The number of nitrogens with one attached hydrogen (secondary N) is 1. The maximum atomic E-state index is 5.27. The molecule has 2 heterocycles. The molecule has 3 heteroatoms. The lowest BCUT2D eigenvalue weighted by molar-refractivity contribution is 0.278. The minimum Gasteiger partial charge on any atom is -0.361 e. The molecule has 1 unspecified atom stereocenters. The SMILES string of the molecule is Cc1onc2c1CNCC2(C)C(C)C. The van der Waals surface area contributed by atoms with Gasteiger partial charge in [0.2, 0.25) is 0 Å². The van der Waals surface area contributed by atoms with Gasteiger partial charge in [-0.05, 0) is 12.8 Å². The molecule has 1 aliphatic rings. The summed E-state index contributed by atoms with van der Waals surface area (Å²) in [4.78, 5) is 0. The second-order valence-corrected chi connectivity index (χ2v) is 4.74. The Bertz CT molecular complexity index is 343. The Morgan fingerprint density at radius 2 is 2.21 bits per heavy atom. The second kappa shape index (κ2) is 3.09. The Labute approximate surface area is 84.9 Å². The highest BCUT2D eigenvalue weighted by atomic mass is 16.5. The molecule has 0 saturated heterocycles. The van der Waals surface area contributed by atoms with E-state index in [1.54, 1.807) is 0 Å². The second-order valence-electron chi connectivity index (χ2n) is 4.74. The van der Waals surface area contributed by atoms with E-state index in [1.807, 2.05) is 6.92 Å². The van der Waals surface area contributed by atoms with Gasteiger partial charge in [-0.2, -0.15) is 0 Å². The quantitative estimate of drug-likeness (QED) is 0.743. The van der Waals surface area contributed by atoms with E-state index < -0.39 is 0 Å². The van der Waals surface area contributed by atoms with Crippen molar-refractivity contribution in [2.24, 2.45) is 5.92 Å². The maximum Gasteiger partial charge on any atom is 0.138 e. The zero-order valence-corrected chi connectivity index (χ0v) is 9.35. The van der Waals surface area contributed by atoms with Crippen LogP contribution in [-0.2, 0) is 12.0 Å². The topological polar surface area (TPSA) is 38.1 Å². The third-order valence-corrected chi connectivity index (χ3v) is 3.59. The van der Waals surface area contributed by atoms with Gasteiger partial charge in [-0.25, -0.2) is 0 Å². The average molecular weight is 194 g/mol. The predicted octanol–water partition coefficient (Wildman–Crippen LogP) is 2.00. The minimum atomic E-state index is 0.116. The van der Waals surface area contributed by atoms with E-state index in [0.29, 0.717) is 5.92 Å². The molecule has 78 valence electrons. The largest absolute Gasteiger partial charge is 0.361 e. The van der Waals surface area contributed by atoms with Crippen LogP contribution in [0.3, 0.4) is 0 Å². The lowest BCUT2D eigenvalue weighted by atomic mass is 9.73. The Hall–Kier alpha value is -0.830. The molecule has 0 aliphatic carbocycles. The molecule has 0 radical (unpaired) electrons. The van der Waals surface area contributed by atoms with Gasteiger partial charge in [-0.15, -0.1) is 0 Å². The maximum absolute atomic E-state index is 5.27. The van der Waals surface area contributed by atoms with Crippen LogP contribution in [0.4, 0.5) is 0 Å². The third kappa shape index (κ3) is 1.19. The number of hydrogen-bond acceptors (Lipinski definition) is 3. The molecule has 14 heavy (non-hydrogen) atoms. The van der Waals surface area contributed by atoms with Gasteiger partial charge >= 0.3 is 0 Å². The van der Waals surface area contributed by atoms with Crippen molar-refractivity contribution in [2.75, 3.05) is 6.54 Å².